The van der Waals surface area contributed by atoms with Crippen molar-refractivity contribution in [3.63, 3.8) is 0 Å². The maximum atomic E-state index is 10.8. The molecule has 0 spiro atoms. The third-order valence-electron chi connectivity index (χ3n) is 4.53. The molecule has 114 valence electrons. The molecule has 2 heterocycles. The Morgan fingerprint density at radius 3 is 2.86 bits per heavy atom. The van der Waals surface area contributed by atoms with Crippen LogP contribution >= 0.6 is 0 Å². The second kappa shape index (κ2) is 5.79. The van der Waals surface area contributed by atoms with Crippen LogP contribution < -0.4 is 0 Å². The van der Waals surface area contributed by atoms with Gasteiger partial charge in [0.1, 0.15) is 17.4 Å². The molecule has 0 saturated carbocycles. The minimum atomic E-state index is -0.595. The van der Waals surface area contributed by atoms with Crippen molar-refractivity contribution in [1.29, 1.82) is 0 Å². The van der Waals surface area contributed by atoms with Gasteiger partial charge in [-0.25, -0.2) is 0 Å². The second-order valence-electron chi connectivity index (χ2n) is 6.25. The molecule has 2 unspecified atom stereocenters. The van der Waals surface area contributed by atoms with Gasteiger partial charge in [0, 0.05) is 11.9 Å². The van der Waals surface area contributed by atoms with Crippen LogP contribution in [0.3, 0.4) is 0 Å². The first-order valence-electron chi connectivity index (χ1n) is 7.62. The number of hydrogen-bond acceptors (Lipinski definition) is 4. The third-order valence-corrected chi connectivity index (χ3v) is 4.53. The van der Waals surface area contributed by atoms with Gasteiger partial charge in [-0.3, -0.25) is 4.90 Å². The minimum Gasteiger partial charge on any atom is -0.458 e. The molecule has 21 heavy (non-hydrogen) atoms. The molecular formula is C17H24N2O2. The second-order valence-corrected chi connectivity index (χ2v) is 6.25. The number of aliphatic hydroxyl groups excluding tert-OH is 1. The van der Waals surface area contributed by atoms with Crippen molar-refractivity contribution in [3.8, 4) is 0 Å². The lowest BCUT2D eigenvalue weighted by atomic mass is 10.1. The molecule has 2 atom stereocenters. The summed E-state index contributed by atoms with van der Waals surface area (Å²) < 4.78 is 5.94. The largest absolute Gasteiger partial charge is 0.458 e. The SMILES string of the molecule is Cc1cccc2cc(C(O)C3CN(C)CCCN3C)oc12. The molecule has 1 saturated heterocycles. The van der Waals surface area contributed by atoms with E-state index >= 15 is 0 Å². The Hall–Kier alpha value is -1.36. The number of aliphatic hydroxyl groups is 1. The number of hydrogen-bond donors (Lipinski definition) is 1. The Morgan fingerprint density at radius 1 is 1.29 bits per heavy atom. The van der Waals surface area contributed by atoms with Crippen LogP contribution in [0.5, 0.6) is 0 Å². The van der Waals surface area contributed by atoms with Crippen molar-refractivity contribution in [2.45, 2.75) is 25.5 Å². The number of rotatable bonds is 2. The normalized spacial score (nSPS) is 23.3. The van der Waals surface area contributed by atoms with Gasteiger partial charge in [-0.2, -0.15) is 0 Å². The van der Waals surface area contributed by atoms with E-state index in [2.05, 4.69) is 23.9 Å². The fourth-order valence-corrected chi connectivity index (χ4v) is 3.21. The summed E-state index contributed by atoms with van der Waals surface area (Å²) in [7, 11) is 4.20. The fourth-order valence-electron chi connectivity index (χ4n) is 3.21. The predicted octanol–water partition coefficient (Wildman–Crippen LogP) is 2.41. The highest BCUT2D eigenvalue weighted by molar-refractivity contribution is 5.80. The highest BCUT2D eigenvalue weighted by atomic mass is 16.4. The molecule has 0 radical (unpaired) electrons. The summed E-state index contributed by atoms with van der Waals surface area (Å²) in [5.74, 6) is 0.673. The topological polar surface area (TPSA) is 39.9 Å². The maximum Gasteiger partial charge on any atom is 0.137 e. The molecule has 4 heteroatoms. The molecule has 0 amide bonds. The minimum absolute atomic E-state index is 0.0679. The molecule has 1 aromatic heterocycles. The van der Waals surface area contributed by atoms with Crippen molar-refractivity contribution < 1.29 is 9.52 Å². The molecule has 1 aliphatic rings. The molecule has 0 bridgehead atoms. The van der Waals surface area contributed by atoms with Gasteiger partial charge in [0.05, 0.1) is 6.04 Å². The molecule has 1 fully saturated rings. The maximum absolute atomic E-state index is 10.8. The van der Waals surface area contributed by atoms with Gasteiger partial charge in [0.2, 0.25) is 0 Å². The summed E-state index contributed by atoms with van der Waals surface area (Å²) in [6, 6.07) is 8.14. The first-order chi connectivity index (χ1) is 10.1. The quantitative estimate of drug-likeness (QED) is 0.921. The first-order valence-corrected chi connectivity index (χ1v) is 7.62. The first kappa shape index (κ1) is 14.6. The summed E-state index contributed by atoms with van der Waals surface area (Å²) in [6.45, 7) is 4.97. The molecular weight excluding hydrogens is 264 g/mol. The third kappa shape index (κ3) is 2.84. The van der Waals surface area contributed by atoms with Crippen LogP contribution in [0.25, 0.3) is 11.0 Å². The molecule has 0 aliphatic carbocycles. The van der Waals surface area contributed by atoms with E-state index in [-0.39, 0.29) is 6.04 Å². The summed E-state index contributed by atoms with van der Waals surface area (Å²) in [5.41, 5.74) is 1.99. The predicted molar refractivity (Wildman–Crippen MR) is 84.4 cm³/mol. The van der Waals surface area contributed by atoms with Gasteiger partial charge in [-0.05, 0) is 52.2 Å². The number of aryl methyl sites for hydroxylation is 1. The van der Waals surface area contributed by atoms with Crippen LogP contribution in [0.2, 0.25) is 0 Å². The molecule has 1 aliphatic heterocycles. The summed E-state index contributed by atoms with van der Waals surface area (Å²) in [4.78, 5) is 4.53. The van der Waals surface area contributed by atoms with E-state index in [1.165, 1.54) is 0 Å². The van der Waals surface area contributed by atoms with E-state index < -0.39 is 6.10 Å². The van der Waals surface area contributed by atoms with Crippen molar-refractivity contribution in [2.24, 2.45) is 0 Å². The molecule has 3 rings (SSSR count). The number of fused-ring (bicyclic) bond motifs is 1. The smallest absolute Gasteiger partial charge is 0.137 e. The van der Waals surface area contributed by atoms with E-state index in [9.17, 15) is 5.11 Å². The summed E-state index contributed by atoms with van der Waals surface area (Å²) >= 11 is 0. The number of likely N-dealkylation sites (N-methyl/N-ethyl adjacent to an activating group) is 2. The standard InChI is InChI=1S/C17H24N2O2/c1-12-6-4-7-13-10-15(21-17(12)13)16(20)14-11-18(2)8-5-9-19(14)3/h4,6-7,10,14,16,20H,5,8-9,11H2,1-3H3. The zero-order valence-corrected chi connectivity index (χ0v) is 13.0. The van der Waals surface area contributed by atoms with Gasteiger partial charge in [0.25, 0.3) is 0 Å². The average molecular weight is 288 g/mol. The monoisotopic (exact) mass is 288 g/mol. The summed E-state index contributed by atoms with van der Waals surface area (Å²) in [6.07, 6.45) is 0.539. The van der Waals surface area contributed by atoms with Crippen LogP contribution in [0, 0.1) is 6.92 Å². The zero-order valence-electron chi connectivity index (χ0n) is 13.0. The van der Waals surface area contributed by atoms with Crippen molar-refractivity contribution >= 4 is 11.0 Å². The Bertz CT molecular complexity index is 622. The molecule has 1 aromatic carbocycles. The number of furan rings is 1. The highest BCUT2D eigenvalue weighted by Gasteiger charge is 2.30. The van der Waals surface area contributed by atoms with Crippen LogP contribution in [0.15, 0.2) is 28.7 Å². The molecule has 1 N–H and O–H groups in total. The van der Waals surface area contributed by atoms with Crippen molar-refractivity contribution in [3.05, 3.63) is 35.6 Å². The fraction of sp³-hybridized carbons (Fsp3) is 0.529. The van der Waals surface area contributed by atoms with E-state index in [1.807, 2.05) is 31.2 Å². The lowest BCUT2D eigenvalue weighted by molar-refractivity contribution is 0.0432. The highest BCUT2D eigenvalue weighted by Crippen LogP contribution is 2.30. The van der Waals surface area contributed by atoms with Crippen molar-refractivity contribution in [2.75, 3.05) is 33.7 Å². The van der Waals surface area contributed by atoms with Gasteiger partial charge in [0.15, 0.2) is 0 Å². The number of para-hydroxylation sites is 1. The van der Waals surface area contributed by atoms with Gasteiger partial charge in [-0.1, -0.05) is 18.2 Å². The molecule has 4 nitrogen and oxygen atoms in total. The van der Waals surface area contributed by atoms with E-state index in [1.54, 1.807) is 0 Å². The van der Waals surface area contributed by atoms with E-state index in [4.69, 9.17) is 4.42 Å². The van der Waals surface area contributed by atoms with Gasteiger partial charge >= 0.3 is 0 Å². The lowest BCUT2D eigenvalue weighted by Gasteiger charge is -2.30. The Kier molecular flexibility index (Phi) is 4.02. The van der Waals surface area contributed by atoms with Gasteiger partial charge in [-0.15, -0.1) is 0 Å². The summed E-state index contributed by atoms with van der Waals surface area (Å²) in [5, 5.41) is 11.9. The Morgan fingerprint density at radius 2 is 2.10 bits per heavy atom. The van der Waals surface area contributed by atoms with E-state index in [0.717, 1.165) is 42.6 Å². The van der Waals surface area contributed by atoms with Crippen LogP contribution in [0.1, 0.15) is 23.8 Å². The number of benzene rings is 1. The Balaban J connectivity index is 1.91. The molecule has 2 aromatic rings. The van der Waals surface area contributed by atoms with E-state index in [0.29, 0.717) is 5.76 Å². The van der Waals surface area contributed by atoms with Crippen LogP contribution in [-0.4, -0.2) is 54.7 Å². The van der Waals surface area contributed by atoms with Crippen molar-refractivity contribution in [1.82, 2.24) is 9.80 Å². The Labute approximate surface area is 125 Å². The average Bonchev–Trinajstić information content (AvgIpc) is 2.82. The lowest BCUT2D eigenvalue weighted by Crippen LogP contribution is -2.42. The van der Waals surface area contributed by atoms with Crippen LogP contribution in [-0.2, 0) is 0 Å². The van der Waals surface area contributed by atoms with Gasteiger partial charge < -0.3 is 14.4 Å². The number of nitrogens with zero attached hydrogens (tertiary/aromatic N) is 2. The van der Waals surface area contributed by atoms with Crippen LogP contribution in [0.4, 0.5) is 0 Å². The zero-order chi connectivity index (χ0) is 15.0.